The summed E-state index contributed by atoms with van der Waals surface area (Å²) in [7, 11) is 0. The molecule has 0 unspecified atom stereocenters. The van der Waals surface area contributed by atoms with Gasteiger partial charge in [-0.25, -0.2) is 4.98 Å². The first-order valence-corrected chi connectivity index (χ1v) is 11.7. The van der Waals surface area contributed by atoms with E-state index in [0.717, 1.165) is 38.6 Å². The minimum absolute atomic E-state index is 0.362. The number of nitrogens with zero attached hydrogens (tertiary/aromatic N) is 4. The van der Waals surface area contributed by atoms with Crippen molar-refractivity contribution in [3.63, 3.8) is 0 Å². The van der Waals surface area contributed by atoms with Gasteiger partial charge in [0.1, 0.15) is 5.69 Å². The Morgan fingerprint density at radius 1 is 0.882 bits per heavy atom. The highest BCUT2D eigenvalue weighted by molar-refractivity contribution is 7.98. The molecule has 0 aliphatic rings. The van der Waals surface area contributed by atoms with Crippen molar-refractivity contribution in [2.45, 2.75) is 11.0 Å². The number of thioether (sulfide) groups is 1. The van der Waals surface area contributed by atoms with Gasteiger partial charge in [0.25, 0.3) is 11.1 Å². The first kappa shape index (κ1) is 20.2. The van der Waals surface area contributed by atoms with Crippen LogP contribution in [0, 0.1) is 11.3 Å². The SMILES string of the molecule is N#Cc1ccccc1CSc1nnc(-c2cc3c([nH]c4ccccc43)c(-c3ccccc3)n2)o1. The molecule has 1 N–H and O–H groups in total. The molecule has 0 saturated carbocycles. The maximum Gasteiger partial charge on any atom is 0.277 e. The van der Waals surface area contributed by atoms with Crippen LogP contribution in [0.3, 0.4) is 0 Å². The fourth-order valence-electron chi connectivity index (χ4n) is 4.03. The third-order valence-corrected chi connectivity index (χ3v) is 6.53. The number of rotatable bonds is 5. The van der Waals surface area contributed by atoms with Crippen LogP contribution in [-0.4, -0.2) is 20.2 Å². The number of aromatic amines is 1. The molecule has 6 aromatic rings. The Labute approximate surface area is 199 Å². The van der Waals surface area contributed by atoms with Crippen molar-refractivity contribution in [3.8, 4) is 28.9 Å². The molecular formula is C27H17N5OS. The second-order valence-corrected chi connectivity index (χ2v) is 8.67. The fraction of sp³-hybridized carbons (Fsp3) is 0.0370. The van der Waals surface area contributed by atoms with E-state index in [4.69, 9.17) is 9.40 Å². The first-order valence-electron chi connectivity index (χ1n) is 10.7. The number of hydrogen-bond acceptors (Lipinski definition) is 6. The van der Waals surface area contributed by atoms with E-state index >= 15 is 0 Å². The first-order chi connectivity index (χ1) is 16.8. The molecular weight excluding hydrogens is 442 g/mol. The minimum atomic E-state index is 0.362. The molecule has 0 atom stereocenters. The second-order valence-electron chi connectivity index (χ2n) is 7.75. The molecule has 34 heavy (non-hydrogen) atoms. The van der Waals surface area contributed by atoms with Gasteiger partial charge in [0.2, 0.25) is 0 Å². The summed E-state index contributed by atoms with van der Waals surface area (Å²) >= 11 is 1.40. The van der Waals surface area contributed by atoms with Gasteiger partial charge in [0, 0.05) is 27.6 Å². The third-order valence-electron chi connectivity index (χ3n) is 5.66. The van der Waals surface area contributed by atoms with Crippen LogP contribution < -0.4 is 0 Å². The molecule has 6 nitrogen and oxygen atoms in total. The average molecular weight is 460 g/mol. The average Bonchev–Trinajstić information content (AvgIpc) is 3.52. The predicted molar refractivity (Wildman–Crippen MR) is 133 cm³/mol. The molecule has 0 bridgehead atoms. The van der Waals surface area contributed by atoms with Crippen LogP contribution in [0.2, 0.25) is 0 Å². The summed E-state index contributed by atoms with van der Waals surface area (Å²) in [6.07, 6.45) is 0. The standard InChI is InChI=1S/C27H17N5OS/c28-15-18-10-4-5-11-19(18)16-34-27-32-31-26(33-27)23-14-21-20-12-6-7-13-22(20)29-25(21)24(30-23)17-8-2-1-3-9-17/h1-14,29H,16H2. The number of para-hydroxylation sites is 1. The van der Waals surface area contributed by atoms with E-state index in [9.17, 15) is 5.26 Å². The van der Waals surface area contributed by atoms with E-state index in [1.54, 1.807) is 6.07 Å². The summed E-state index contributed by atoms with van der Waals surface area (Å²) in [5.74, 6) is 0.927. The summed E-state index contributed by atoms with van der Waals surface area (Å²) in [6, 6.07) is 30.0. The Morgan fingerprint density at radius 3 is 2.56 bits per heavy atom. The van der Waals surface area contributed by atoms with Crippen molar-refractivity contribution < 1.29 is 4.42 Å². The number of nitriles is 1. The van der Waals surface area contributed by atoms with Gasteiger partial charge in [0.05, 0.1) is 22.8 Å². The number of nitrogens with one attached hydrogen (secondary N) is 1. The highest BCUT2D eigenvalue weighted by atomic mass is 32.2. The summed E-state index contributed by atoms with van der Waals surface area (Å²) < 4.78 is 5.98. The highest BCUT2D eigenvalue weighted by Crippen LogP contribution is 2.35. The van der Waals surface area contributed by atoms with Gasteiger partial charge in [-0.2, -0.15) is 5.26 Å². The van der Waals surface area contributed by atoms with Crippen molar-refractivity contribution in [1.82, 2.24) is 20.2 Å². The van der Waals surface area contributed by atoms with E-state index < -0.39 is 0 Å². The summed E-state index contributed by atoms with van der Waals surface area (Å²) in [4.78, 5) is 8.43. The smallest absolute Gasteiger partial charge is 0.277 e. The van der Waals surface area contributed by atoms with E-state index in [2.05, 4.69) is 33.4 Å². The van der Waals surface area contributed by atoms with Gasteiger partial charge >= 0.3 is 0 Å². The molecule has 0 amide bonds. The zero-order valence-electron chi connectivity index (χ0n) is 17.9. The lowest BCUT2D eigenvalue weighted by atomic mass is 10.1. The van der Waals surface area contributed by atoms with E-state index in [1.807, 2.05) is 66.7 Å². The molecule has 7 heteroatoms. The molecule has 0 spiro atoms. The summed E-state index contributed by atoms with van der Waals surface area (Å²) in [6.45, 7) is 0. The zero-order chi connectivity index (χ0) is 22.9. The van der Waals surface area contributed by atoms with Crippen molar-refractivity contribution >= 4 is 33.6 Å². The molecule has 0 radical (unpaired) electrons. The van der Waals surface area contributed by atoms with Crippen LogP contribution in [-0.2, 0) is 5.75 Å². The van der Waals surface area contributed by atoms with Gasteiger partial charge in [-0.15, -0.1) is 10.2 Å². The lowest BCUT2D eigenvalue weighted by Crippen LogP contribution is -1.90. The molecule has 162 valence electrons. The molecule has 3 heterocycles. The van der Waals surface area contributed by atoms with Crippen molar-refractivity contribution in [2.24, 2.45) is 0 Å². The van der Waals surface area contributed by atoms with E-state index in [0.29, 0.717) is 28.1 Å². The van der Waals surface area contributed by atoms with Crippen molar-refractivity contribution in [1.29, 1.82) is 5.26 Å². The van der Waals surface area contributed by atoms with Crippen LogP contribution in [0.1, 0.15) is 11.1 Å². The summed E-state index contributed by atoms with van der Waals surface area (Å²) in [5.41, 5.74) is 6.05. The second kappa shape index (κ2) is 8.50. The molecule has 0 aliphatic carbocycles. The van der Waals surface area contributed by atoms with Crippen molar-refractivity contribution in [3.05, 3.63) is 96.1 Å². The third kappa shape index (κ3) is 3.60. The van der Waals surface area contributed by atoms with Gasteiger partial charge in [-0.05, 0) is 23.8 Å². The Kier molecular flexibility index (Phi) is 5.06. The van der Waals surface area contributed by atoms with E-state index in [1.165, 1.54) is 11.8 Å². The topological polar surface area (TPSA) is 91.4 Å². The molecule has 3 aromatic carbocycles. The number of hydrogen-bond donors (Lipinski definition) is 1. The molecule has 6 rings (SSSR count). The number of fused-ring (bicyclic) bond motifs is 3. The number of benzene rings is 3. The minimum Gasteiger partial charge on any atom is -0.410 e. The lowest BCUT2D eigenvalue weighted by Gasteiger charge is -2.05. The Bertz CT molecular complexity index is 1680. The van der Waals surface area contributed by atoms with E-state index in [-0.39, 0.29) is 0 Å². The van der Waals surface area contributed by atoms with Gasteiger partial charge < -0.3 is 9.40 Å². The van der Waals surface area contributed by atoms with Crippen LogP contribution in [0.15, 0.2) is 94.6 Å². The molecule has 3 aromatic heterocycles. The maximum absolute atomic E-state index is 9.31. The van der Waals surface area contributed by atoms with Gasteiger partial charge in [-0.1, -0.05) is 78.5 Å². The number of pyridine rings is 1. The quantitative estimate of drug-likeness (QED) is 0.292. The highest BCUT2D eigenvalue weighted by Gasteiger charge is 2.18. The molecule has 0 fully saturated rings. The van der Waals surface area contributed by atoms with Gasteiger partial charge in [0.15, 0.2) is 0 Å². The molecule has 0 aliphatic heterocycles. The molecule has 0 saturated heterocycles. The van der Waals surface area contributed by atoms with Gasteiger partial charge in [-0.3, -0.25) is 0 Å². The summed E-state index contributed by atoms with van der Waals surface area (Å²) in [5, 5.41) is 20.4. The fourth-order valence-corrected chi connectivity index (χ4v) is 4.79. The van der Waals surface area contributed by atoms with Crippen LogP contribution in [0.25, 0.3) is 44.6 Å². The predicted octanol–water partition coefficient (Wildman–Crippen LogP) is 6.60. The Hall–Kier alpha value is -4.41. The maximum atomic E-state index is 9.31. The van der Waals surface area contributed by atoms with Crippen LogP contribution in [0.4, 0.5) is 0 Å². The number of H-pyrrole nitrogens is 1. The van der Waals surface area contributed by atoms with Crippen LogP contribution in [0.5, 0.6) is 0 Å². The Morgan fingerprint density at radius 2 is 1.68 bits per heavy atom. The number of aromatic nitrogens is 4. The Balaban J connectivity index is 1.41. The largest absolute Gasteiger partial charge is 0.410 e. The normalized spacial score (nSPS) is 11.1. The zero-order valence-corrected chi connectivity index (χ0v) is 18.7. The van der Waals surface area contributed by atoms with Crippen LogP contribution >= 0.6 is 11.8 Å². The lowest BCUT2D eigenvalue weighted by molar-refractivity contribution is 0.464. The monoisotopic (exact) mass is 459 g/mol. The van der Waals surface area contributed by atoms with Crippen molar-refractivity contribution in [2.75, 3.05) is 0 Å².